The van der Waals surface area contributed by atoms with Gasteiger partial charge >= 0.3 is 5.97 Å². The molecule has 0 atom stereocenters. The van der Waals surface area contributed by atoms with Crippen molar-refractivity contribution in [3.05, 3.63) is 64.2 Å². The average Bonchev–Trinajstić information content (AvgIpc) is 2.70. The van der Waals surface area contributed by atoms with Crippen molar-refractivity contribution in [3.8, 4) is 0 Å². The van der Waals surface area contributed by atoms with Crippen LogP contribution in [0, 0.1) is 17.5 Å². The lowest BCUT2D eigenvalue weighted by atomic mass is 10.2. The number of aromatic nitrogens is 3. The molecule has 0 amide bonds. The molecule has 0 bridgehead atoms. The zero-order chi connectivity index (χ0) is 21.2. The van der Waals surface area contributed by atoms with Crippen LogP contribution in [0.2, 0.25) is 0 Å². The van der Waals surface area contributed by atoms with Crippen molar-refractivity contribution in [1.29, 1.82) is 0 Å². The van der Waals surface area contributed by atoms with Crippen LogP contribution >= 0.6 is 0 Å². The molecular weight excluding hydrogens is 417 g/mol. The van der Waals surface area contributed by atoms with Gasteiger partial charge in [-0.2, -0.15) is 9.40 Å². The molecular formula is C16H11F3N4O5S. The van der Waals surface area contributed by atoms with Crippen LogP contribution in [0.25, 0.3) is 10.9 Å². The van der Waals surface area contributed by atoms with Crippen LogP contribution in [0.15, 0.2) is 46.1 Å². The van der Waals surface area contributed by atoms with E-state index in [2.05, 4.69) is 10.3 Å². The first-order valence-electron chi connectivity index (χ1n) is 7.82. The minimum absolute atomic E-state index is 0.230. The monoisotopic (exact) mass is 428 g/mol. The lowest BCUT2D eigenvalue weighted by Gasteiger charge is -2.09. The molecule has 0 saturated carbocycles. The van der Waals surface area contributed by atoms with Gasteiger partial charge in [0.25, 0.3) is 5.56 Å². The van der Waals surface area contributed by atoms with E-state index in [1.807, 2.05) is 0 Å². The number of carbonyl (C=O) groups is 1. The second-order valence-electron chi connectivity index (χ2n) is 5.55. The van der Waals surface area contributed by atoms with Gasteiger partial charge in [0.05, 0.1) is 5.39 Å². The summed E-state index contributed by atoms with van der Waals surface area (Å²) in [6.07, 6.45) is 0. The molecule has 0 spiro atoms. The fraction of sp³-hybridized carbons (Fsp3) is 0.125. The molecule has 3 rings (SSSR count). The van der Waals surface area contributed by atoms with Crippen molar-refractivity contribution >= 4 is 26.9 Å². The largest absolute Gasteiger partial charge is 0.441 e. The third-order valence-corrected chi connectivity index (χ3v) is 5.09. The van der Waals surface area contributed by atoms with Crippen molar-refractivity contribution in [1.82, 2.24) is 19.7 Å². The number of nitrogens with one attached hydrogen (secondary N) is 1. The molecule has 9 nitrogen and oxygen atoms in total. The first-order valence-corrected chi connectivity index (χ1v) is 9.30. The maximum absolute atomic E-state index is 13.6. The number of benzene rings is 2. The molecule has 1 aromatic heterocycles. The number of rotatable bonds is 6. The standard InChI is InChI=1S/C16H11F3N4O5S/c17-10-5-6-12(15(19)14(10)18)29(26,27)20-7-13(24)28-8-23-16(25)9-3-1-2-4-11(9)21-22-23/h1-6,20H,7-8H2. The second-order valence-corrected chi connectivity index (χ2v) is 7.29. The number of fused-ring (bicyclic) bond motifs is 1. The highest BCUT2D eigenvalue weighted by Crippen LogP contribution is 2.19. The Labute approximate surface area is 160 Å². The topological polar surface area (TPSA) is 120 Å². The summed E-state index contributed by atoms with van der Waals surface area (Å²) in [7, 11) is -4.67. The van der Waals surface area contributed by atoms with Gasteiger partial charge in [-0.15, -0.1) is 5.10 Å². The zero-order valence-corrected chi connectivity index (χ0v) is 15.1. The number of carbonyl (C=O) groups excluding carboxylic acids is 1. The fourth-order valence-corrected chi connectivity index (χ4v) is 3.28. The molecule has 13 heteroatoms. The number of hydrogen-bond donors (Lipinski definition) is 1. The summed E-state index contributed by atoms with van der Waals surface area (Å²) in [5, 5.41) is 7.58. The molecule has 0 radical (unpaired) electrons. The van der Waals surface area contributed by atoms with Crippen molar-refractivity contribution < 1.29 is 31.1 Å². The number of halogens is 3. The first kappa shape index (κ1) is 20.4. The SMILES string of the molecule is O=C(CNS(=O)(=O)c1ccc(F)c(F)c1F)OCn1nnc2ccccc2c1=O. The molecule has 1 heterocycles. The summed E-state index contributed by atoms with van der Waals surface area (Å²) in [6.45, 7) is -1.62. The molecule has 0 unspecified atom stereocenters. The zero-order valence-electron chi connectivity index (χ0n) is 14.3. The van der Waals surface area contributed by atoms with Crippen molar-refractivity contribution in [2.45, 2.75) is 11.6 Å². The van der Waals surface area contributed by atoms with Crippen LogP contribution in [0.5, 0.6) is 0 Å². The van der Waals surface area contributed by atoms with Gasteiger partial charge in [-0.1, -0.05) is 17.3 Å². The van der Waals surface area contributed by atoms with Crippen LogP contribution in [0.3, 0.4) is 0 Å². The lowest BCUT2D eigenvalue weighted by molar-refractivity contribution is -0.146. The predicted octanol–water partition coefficient (Wildman–Crippen LogP) is 0.688. The van der Waals surface area contributed by atoms with Gasteiger partial charge in [0.1, 0.15) is 17.0 Å². The molecule has 0 aliphatic heterocycles. The number of esters is 1. The third-order valence-electron chi connectivity index (χ3n) is 3.67. The Bertz CT molecular complexity index is 1260. The summed E-state index contributed by atoms with van der Waals surface area (Å²) in [5.41, 5.74) is -0.255. The highest BCUT2D eigenvalue weighted by molar-refractivity contribution is 7.89. The highest BCUT2D eigenvalue weighted by Gasteiger charge is 2.24. The molecule has 1 N–H and O–H groups in total. The normalized spacial score (nSPS) is 11.6. The van der Waals surface area contributed by atoms with E-state index < -0.39 is 57.2 Å². The highest BCUT2D eigenvalue weighted by atomic mass is 32.2. The number of sulfonamides is 1. The van der Waals surface area contributed by atoms with Gasteiger partial charge in [-0.3, -0.25) is 9.59 Å². The van der Waals surface area contributed by atoms with Crippen molar-refractivity contribution in [2.24, 2.45) is 0 Å². The van der Waals surface area contributed by atoms with Crippen LogP contribution in [-0.2, 0) is 26.3 Å². The molecule has 3 aromatic rings. The van der Waals surface area contributed by atoms with E-state index in [9.17, 15) is 31.2 Å². The molecule has 0 fully saturated rings. The summed E-state index contributed by atoms with van der Waals surface area (Å²) in [6, 6.07) is 7.25. The summed E-state index contributed by atoms with van der Waals surface area (Å²) in [5.74, 6) is -6.60. The summed E-state index contributed by atoms with van der Waals surface area (Å²) < 4.78 is 70.8. The Kier molecular flexibility index (Phi) is 5.61. The maximum Gasteiger partial charge on any atom is 0.322 e. The van der Waals surface area contributed by atoms with Gasteiger partial charge in [-0.25, -0.2) is 21.6 Å². The van der Waals surface area contributed by atoms with Gasteiger partial charge in [0, 0.05) is 0 Å². The molecule has 0 aliphatic carbocycles. The Morgan fingerprint density at radius 2 is 1.83 bits per heavy atom. The number of hydrogen-bond acceptors (Lipinski definition) is 7. The van der Waals surface area contributed by atoms with E-state index in [1.165, 1.54) is 6.07 Å². The van der Waals surface area contributed by atoms with Gasteiger partial charge in [0.2, 0.25) is 10.0 Å². The van der Waals surface area contributed by atoms with Crippen LogP contribution < -0.4 is 10.3 Å². The van der Waals surface area contributed by atoms with E-state index in [1.54, 1.807) is 22.9 Å². The van der Waals surface area contributed by atoms with E-state index in [0.29, 0.717) is 17.6 Å². The van der Waals surface area contributed by atoms with Crippen LogP contribution in [-0.4, -0.2) is 35.9 Å². The van der Waals surface area contributed by atoms with E-state index in [0.717, 1.165) is 4.68 Å². The fourth-order valence-electron chi connectivity index (χ4n) is 2.24. The maximum atomic E-state index is 13.6. The van der Waals surface area contributed by atoms with Crippen molar-refractivity contribution in [3.63, 3.8) is 0 Å². The second kappa shape index (κ2) is 7.97. The van der Waals surface area contributed by atoms with Gasteiger partial charge < -0.3 is 4.74 Å². The van der Waals surface area contributed by atoms with E-state index in [4.69, 9.17) is 4.74 Å². The minimum atomic E-state index is -4.67. The average molecular weight is 428 g/mol. The third kappa shape index (κ3) is 4.25. The van der Waals surface area contributed by atoms with E-state index >= 15 is 0 Å². The summed E-state index contributed by atoms with van der Waals surface area (Å²) in [4.78, 5) is 22.7. The smallest absolute Gasteiger partial charge is 0.322 e. The van der Waals surface area contributed by atoms with Gasteiger partial charge in [0.15, 0.2) is 24.2 Å². The number of nitrogens with zero attached hydrogens (tertiary/aromatic N) is 3. The Hall–Kier alpha value is -3.32. The Balaban J connectivity index is 1.65. The van der Waals surface area contributed by atoms with Crippen LogP contribution in [0.1, 0.15) is 0 Å². The predicted molar refractivity (Wildman–Crippen MR) is 91.4 cm³/mol. The first-order chi connectivity index (χ1) is 13.7. The quantitative estimate of drug-likeness (QED) is 0.453. The lowest BCUT2D eigenvalue weighted by Crippen LogP contribution is -2.33. The number of ether oxygens (including phenoxy) is 1. The molecule has 0 aliphatic rings. The Morgan fingerprint density at radius 1 is 1.10 bits per heavy atom. The van der Waals surface area contributed by atoms with Gasteiger partial charge in [-0.05, 0) is 24.3 Å². The molecule has 29 heavy (non-hydrogen) atoms. The molecule has 2 aromatic carbocycles. The Morgan fingerprint density at radius 3 is 2.59 bits per heavy atom. The molecule has 152 valence electrons. The van der Waals surface area contributed by atoms with Crippen molar-refractivity contribution in [2.75, 3.05) is 6.54 Å². The van der Waals surface area contributed by atoms with Crippen LogP contribution in [0.4, 0.5) is 13.2 Å². The minimum Gasteiger partial charge on any atom is -0.441 e. The summed E-state index contributed by atoms with van der Waals surface area (Å²) >= 11 is 0. The van der Waals surface area contributed by atoms with E-state index in [-0.39, 0.29) is 5.39 Å². The molecule has 0 saturated heterocycles.